The van der Waals surface area contributed by atoms with E-state index in [4.69, 9.17) is 4.74 Å². The molecule has 5 nitrogen and oxygen atoms in total. The lowest BCUT2D eigenvalue weighted by Crippen LogP contribution is -2.05. The third kappa shape index (κ3) is 2.15. The molecule has 1 fully saturated rings. The number of ether oxygens (including phenoxy) is 1. The normalized spacial score (nSPS) is 24.1. The lowest BCUT2D eigenvalue weighted by atomic mass is 10.0. The number of benzene rings is 1. The van der Waals surface area contributed by atoms with Gasteiger partial charge in [-0.1, -0.05) is 13.0 Å². The number of rotatable bonds is 2. The van der Waals surface area contributed by atoms with Crippen molar-refractivity contribution < 1.29 is 13.2 Å². The fraction of sp³-hybridized carbons (Fsp3) is 0.462. The number of H-pyrrole nitrogens is 1. The molecular formula is C13H16N2O3S. The first kappa shape index (κ1) is 12.6. The molecule has 102 valence electrons. The maximum absolute atomic E-state index is 11.8. The van der Waals surface area contributed by atoms with Crippen molar-refractivity contribution in [1.29, 1.82) is 0 Å². The van der Waals surface area contributed by atoms with Crippen LogP contribution in [0.2, 0.25) is 0 Å². The van der Waals surface area contributed by atoms with Gasteiger partial charge in [0.05, 0.1) is 10.4 Å². The first-order chi connectivity index (χ1) is 8.97. The van der Waals surface area contributed by atoms with E-state index in [0.29, 0.717) is 11.4 Å². The third-order valence-electron chi connectivity index (χ3n) is 3.55. The molecule has 2 heterocycles. The summed E-state index contributed by atoms with van der Waals surface area (Å²) in [6, 6.07) is 5.14. The van der Waals surface area contributed by atoms with Crippen molar-refractivity contribution in [2.75, 3.05) is 12.9 Å². The van der Waals surface area contributed by atoms with Gasteiger partial charge in [0.15, 0.2) is 9.84 Å². The van der Waals surface area contributed by atoms with Gasteiger partial charge in [-0.2, -0.15) is 0 Å². The fourth-order valence-corrected chi connectivity index (χ4v) is 3.34. The summed E-state index contributed by atoms with van der Waals surface area (Å²) in [5.74, 6) is 1.11. The molecule has 0 bridgehead atoms. The van der Waals surface area contributed by atoms with Crippen molar-refractivity contribution in [3.63, 3.8) is 0 Å². The van der Waals surface area contributed by atoms with Crippen molar-refractivity contribution in [3.8, 4) is 0 Å². The van der Waals surface area contributed by atoms with Crippen molar-refractivity contribution >= 4 is 20.9 Å². The number of hydrogen-bond donors (Lipinski definition) is 1. The molecule has 1 aromatic carbocycles. The molecule has 3 rings (SSSR count). The number of imidazole rings is 1. The summed E-state index contributed by atoms with van der Waals surface area (Å²) < 4.78 is 29.2. The lowest BCUT2D eigenvalue weighted by molar-refractivity contribution is 0.0883. The average Bonchev–Trinajstić information content (AvgIpc) is 2.91. The van der Waals surface area contributed by atoms with E-state index in [0.717, 1.165) is 24.4 Å². The summed E-state index contributed by atoms with van der Waals surface area (Å²) >= 11 is 0. The number of nitrogens with zero attached hydrogens (tertiary/aromatic N) is 1. The summed E-state index contributed by atoms with van der Waals surface area (Å²) in [6.45, 7) is 2.84. The van der Waals surface area contributed by atoms with E-state index in [1.807, 2.05) is 6.07 Å². The van der Waals surface area contributed by atoms with Gasteiger partial charge in [-0.05, 0) is 24.5 Å². The van der Waals surface area contributed by atoms with Gasteiger partial charge < -0.3 is 9.72 Å². The molecule has 0 saturated carbocycles. The van der Waals surface area contributed by atoms with Crippen molar-refractivity contribution in [3.05, 3.63) is 24.0 Å². The van der Waals surface area contributed by atoms with Crippen LogP contribution in [-0.2, 0) is 14.6 Å². The Morgan fingerprint density at radius 2 is 2.21 bits per heavy atom. The summed E-state index contributed by atoms with van der Waals surface area (Å²) in [6.07, 6.45) is 2.13. The topological polar surface area (TPSA) is 72.0 Å². The van der Waals surface area contributed by atoms with Crippen LogP contribution in [0.3, 0.4) is 0 Å². The second-order valence-electron chi connectivity index (χ2n) is 5.10. The number of aromatic amines is 1. The maximum Gasteiger partial charge on any atom is 0.177 e. The highest BCUT2D eigenvalue weighted by atomic mass is 32.2. The molecule has 0 amide bonds. The molecule has 1 aromatic heterocycles. The highest BCUT2D eigenvalue weighted by Gasteiger charge is 2.29. The Labute approximate surface area is 111 Å². The van der Waals surface area contributed by atoms with Gasteiger partial charge in [-0.15, -0.1) is 0 Å². The number of sulfone groups is 1. The quantitative estimate of drug-likeness (QED) is 0.914. The smallest absolute Gasteiger partial charge is 0.177 e. The second kappa shape index (κ2) is 4.31. The molecule has 2 aromatic rings. The second-order valence-corrected chi connectivity index (χ2v) is 7.09. The molecule has 1 aliphatic rings. The number of aromatic nitrogens is 2. The standard InChI is InChI=1S/C13H16N2O3S/c1-8-6-7-18-12(8)13-14-9-4-3-5-10(11(9)15-13)19(2,16)17/h3-5,8,12H,6-7H2,1-2H3,(H,14,15). The van der Waals surface area contributed by atoms with Crippen molar-refractivity contribution in [2.45, 2.75) is 24.3 Å². The number of hydrogen-bond acceptors (Lipinski definition) is 4. The highest BCUT2D eigenvalue weighted by molar-refractivity contribution is 7.91. The molecule has 0 radical (unpaired) electrons. The summed E-state index contributed by atoms with van der Waals surface area (Å²) in [7, 11) is -3.28. The Morgan fingerprint density at radius 3 is 2.84 bits per heavy atom. The molecule has 1 saturated heterocycles. The molecule has 0 aliphatic carbocycles. The predicted octanol–water partition coefficient (Wildman–Crippen LogP) is 2.06. The predicted molar refractivity (Wildman–Crippen MR) is 71.7 cm³/mol. The number of para-hydroxylation sites is 1. The molecule has 1 N–H and O–H groups in total. The van der Waals surface area contributed by atoms with Gasteiger partial charge in [0.25, 0.3) is 0 Å². The van der Waals surface area contributed by atoms with E-state index in [1.165, 1.54) is 6.26 Å². The van der Waals surface area contributed by atoms with Gasteiger partial charge in [0, 0.05) is 12.9 Å². The zero-order valence-corrected chi connectivity index (χ0v) is 11.7. The highest BCUT2D eigenvalue weighted by Crippen LogP contribution is 2.34. The van der Waals surface area contributed by atoms with Gasteiger partial charge in [-0.3, -0.25) is 0 Å². The largest absolute Gasteiger partial charge is 0.370 e. The number of fused-ring (bicyclic) bond motifs is 1. The van der Waals surface area contributed by atoms with Crippen molar-refractivity contribution in [2.24, 2.45) is 5.92 Å². The van der Waals surface area contributed by atoms with Gasteiger partial charge in [0.2, 0.25) is 0 Å². The van der Waals surface area contributed by atoms with Crippen LogP contribution in [0.5, 0.6) is 0 Å². The Kier molecular flexibility index (Phi) is 2.87. The minimum absolute atomic E-state index is 0.0696. The van der Waals surface area contributed by atoms with Crippen molar-refractivity contribution in [1.82, 2.24) is 9.97 Å². The molecule has 0 spiro atoms. The Balaban J connectivity index is 2.16. The van der Waals surface area contributed by atoms with E-state index in [-0.39, 0.29) is 11.0 Å². The summed E-state index contributed by atoms with van der Waals surface area (Å²) in [4.78, 5) is 7.89. The summed E-state index contributed by atoms with van der Waals surface area (Å²) in [5, 5.41) is 0. The van der Waals surface area contributed by atoms with Crippen LogP contribution in [0.1, 0.15) is 25.3 Å². The van der Waals surface area contributed by atoms with Crippen LogP contribution >= 0.6 is 0 Å². The van der Waals surface area contributed by atoms with E-state index < -0.39 is 9.84 Å². The molecular weight excluding hydrogens is 264 g/mol. The van der Waals surface area contributed by atoms with Crippen LogP contribution in [0, 0.1) is 5.92 Å². The molecule has 2 unspecified atom stereocenters. The van der Waals surface area contributed by atoms with E-state index in [9.17, 15) is 8.42 Å². The first-order valence-electron chi connectivity index (χ1n) is 6.27. The third-order valence-corrected chi connectivity index (χ3v) is 4.68. The molecule has 2 atom stereocenters. The zero-order chi connectivity index (χ0) is 13.6. The molecule has 6 heteroatoms. The van der Waals surface area contributed by atoms with Crippen LogP contribution < -0.4 is 0 Å². The van der Waals surface area contributed by atoms with Crippen LogP contribution in [0.15, 0.2) is 23.1 Å². The van der Waals surface area contributed by atoms with Gasteiger partial charge in [0.1, 0.15) is 17.4 Å². The number of nitrogens with one attached hydrogen (secondary N) is 1. The van der Waals surface area contributed by atoms with Crippen LogP contribution in [0.25, 0.3) is 11.0 Å². The fourth-order valence-electron chi connectivity index (χ4n) is 2.50. The van der Waals surface area contributed by atoms with E-state index in [2.05, 4.69) is 16.9 Å². The molecule has 19 heavy (non-hydrogen) atoms. The van der Waals surface area contributed by atoms with Gasteiger partial charge in [-0.25, -0.2) is 13.4 Å². The van der Waals surface area contributed by atoms with E-state index >= 15 is 0 Å². The minimum Gasteiger partial charge on any atom is -0.370 e. The van der Waals surface area contributed by atoms with Crippen LogP contribution in [-0.4, -0.2) is 31.2 Å². The SMILES string of the molecule is CC1CCOC1c1nc2c(S(C)(=O)=O)cccc2[nH]1. The lowest BCUT2D eigenvalue weighted by Gasteiger charge is -2.10. The zero-order valence-electron chi connectivity index (χ0n) is 10.9. The Morgan fingerprint density at radius 1 is 1.42 bits per heavy atom. The first-order valence-corrected chi connectivity index (χ1v) is 8.16. The Bertz CT molecular complexity index is 721. The minimum atomic E-state index is -3.28. The van der Waals surface area contributed by atoms with E-state index in [1.54, 1.807) is 12.1 Å². The van der Waals surface area contributed by atoms with Gasteiger partial charge >= 0.3 is 0 Å². The summed E-state index contributed by atoms with van der Waals surface area (Å²) in [5.41, 5.74) is 1.24. The monoisotopic (exact) mass is 280 g/mol. The molecule has 1 aliphatic heterocycles. The Hall–Kier alpha value is -1.40. The van der Waals surface area contributed by atoms with Crippen LogP contribution in [0.4, 0.5) is 0 Å². The average molecular weight is 280 g/mol. The maximum atomic E-state index is 11.8.